The second-order valence-corrected chi connectivity index (χ2v) is 8.22. The van der Waals surface area contributed by atoms with Crippen LogP contribution in [0.2, 0.25) is 0 Å². The van der Waals surface area contributed by atoms with E-state index in [1.54, 1.807) is 6.92 Å². The molecular formula is C25H31N3O4. The van der Waals surface area contributed by atoms with E-state index in [0.717, 1.165) is 38.4 Å². The first kappa shape index (κ1) is 22.3. The maximum Gasteiger partial charge on any atom is 0.254 e. The highest BCUT2D eigenvalue weighted by Gasteiger charge is 2.32. The molecule has 2 fully saturated rings. The molecule has 32 heavy (non-hydrogen) atoms. The zero-order valence-electron chi connectivity index (χ0n) is 18.6. The highest BCUT2D eigenvalue weighted by Crippen LogP contribution is 2.27. The first-order valence-corrected chi connectivity index (χ1v) is 11.3. The fourth-order valence-electron chi connectivity index (χ4n) is 4.32. The van der Waals surface area contributed by atoms with Gasteiger partial charge in [-0.3, -0.25) is 14.5 Å². The fourth-order valence-corrected chi connectivity index (χ4v) is 4.32. The molecule has 4 rings (SSSR count). The quantitative estimate of drug-likeness (QED) is 0.695. The van der Waals surface area contributed by atoms with Gasteiger partial charge in [0.05, 0.1) is 19.3 Å². The number of hydrogen-bond acceptors (Lipinski definition) is 5. The Bertz CT molecular complexity index is 914. The second-order valence-electron chi connectivity index (χ2n) is 8.22. The molecule has 2 saturated heterocycles. The summed E-state index contributed by atoms with van der Waals surface area (Å²) in [5, 5.41) is 0. The number of piperazine rings is 1. The van der Waals surface area contributed by atoms with Crippen LogP contribution < -0.4 is 4.74 Å². The maximum atomic E-state index is 13.3. The number of carbonyl (C=O) groups excluding carboxylic acids is 2. The van der Waals surface area contributed by atoms with Gasteiger partial charge in [0.1, 0.15) is 12.4 Å². The van der Waals surface area contributed by atoms with Crippen molar-refractivity contribution in [3.8, 4) is 5.75 Å². The van der Waals surface area contributed by atoms with E-state index < -0.39 is 0 Å². The summed E-state index contributed by atoms with van der Waals surface area (Å²) < 4.78 is 11.3. The number of amides is 2. The third-order valence-corrected chi connectivity index (χ3v) is 6.12. The molecule has 1 atom stereocenters. The number of carbonyl (C=O) groups is 2. The van der Waals surface area contributed by atoms with Gasteiger partial charge < -0.3 is 19.3 Å². The zero-order chi connectivity index (χ0) is 22.3. The minimum Gasteiger partial charge on any atom is -0.492 e. The molecule has 170 valence electrons. The average Bonchev–Trinajstić information content (AvgIpc) is 2.84. The standard InChI is InChI=1S/C25H31N3O4/c1-20(29)28-11-10-27(19-24(28)21-6-3-2-4-7-21)25(30)22-8-5-9-23(18-22)32-17-14-26-12-15-31-16-13-26/h2-9,18,24H,10-17,19H2,1H3/t24-/m0/s1. The van der Waals surface area contributed by atoms with E-state index in [1.165, 1.54) is 0 Å². The number of hydrogen-bond donors (Lipinski definition) is 0. The summed E-state index contributed by atoms with van der Waals surface area (Å²) in [6, 6.07) is 17.2. The lowest BCUT2D eigenvalue weighted by atomic mass is 10.0. The molecule has 0 bridgehead atoms. The highest BCUT2D eigenvalue weighted by molar-refractivity contribution is 5.94. The van der Waals surface area contributed by atoms with Gasteiger partial charge in [-0.1, -0.05) is 36.4 Å². The summed E-state index contributed by atoms with van der Waals surface area (Å²) in [6.07, 6.45) is 0. The second kappa shape index (κ2) is 10.6. The first-order chi connectivity index (χ1) is 15.6. The summed E-state index contributed by atoms with van der Waals surface area (Å²) in [5.41, 5.74) is 1.65. The molecule has 7 nitrogen and oxygen atoms in total. The Morgan fingerprint density at radius 2 is 1.78 bits per heavy atom. The van der Waals surface area contributed by atoms with Gasteiger partial charge in [0.2, 0.25) is 5.91 Å². The van der Waals surface area contributed by atoms with Crippen LogP contribution in [-0.2, 0) is 9.53 Å². The normalized spacial score (nSPS) is 19.6. The van der Waals surface area contributed by atoms with Crippen LogP contribution in [0.25, 0.3) is 0 Å². The Balaban J connectivity index is 1.40. The number of rotatable bonds is 6. The van der Waals surface area contributed by atoms with Gasteiger partial charge in [-0.05, 0) is 23.8 Å². The summed E-state index contributed by atoms with van der Waals surface area (Å²) >= 11 is 0. The first-order valence-electron chi connectivity index (χ1n) is 11.3. The van der Waals surface area contributed by atoms with Crippen molar-refractivity contribution in [2.75, 3.05) is 59.1 Å². The maximum absolute atomic E-state index is 13.3. The molecule has 2 aromatic rings. The topological polar surface area (TPSA) is 62.3 Å². The van der Waals surface area contributed by atoms with E-state index in [2.05, 4.69) is 4.90 Å². The minimum absolute atomic E-state index is 0.0293. The molecule has 0 radical (unpaired) electrons. The molecular weight excluding hydrogens is 406 g/mol. The van der Waals surface area contributed by atoms with Crippen molar-refractivity contribution in [2.45, 2.75) is 13.0 Å². The van der Waals surface area contributed by atoms with Crippen LogP contribution in [-0.4, -0.2) is 85.6 Å². The molecule has 2 aliphatic rings. The van der Waals surface area contributed by atoms with Crippen LogP contribution in [0.3, 0.4) is 0 Å². The van der Waals surface area contributed by atoms with Gasteiger partial charge in [-0.2, -0.15) is 0 Å². The number of morpholine rings is 1. The third-order valence-electron chi connectivity index (χ3n) is 6.12. The van der Waals surface area contributed by atoms with Gasteiger partial charge in [-0.15, -0.1) is 0 Å². The lowest BCUT2D eigenvalue weighted by Gasteiger charge is -2.41. The molecule has 0 saturated carbocycles. The summed E-state index contributed by atoms with van der Waals surface area (Å²) in [4.78, 5) is 31.5. The molecule has 2 amide bonds. The molecule has 0 aromatic heterocycles. The Morgan fingerprint density at radius 1 is 1.00 bits per heavy atom. The van der Waals surface area contributed by atoms with Crippen molar-refractivity contribution in [3.63, 3.8) is 0 Å². The lowest BCUT2D eigenvalue weighted by Crippen LogP contribution is -2.51. The molecule has 0 N–H and O–H groups in total. The molecule has 7 heteroatoms. The van der Waals surface area contributed by atoms with E-state index in [-0.39, 0.29) is 17.9 Å². The van der Waals surface area contributed by atoms with Crippen LogP contribution in [0.1, 0.15) is 28.9 Å². The predicted molar refractivity (Wildman–Crippen MR) is 122 cm³/mol. The summed E-state index contributed by atoms with van der Waals surface area (Å²) in [5.74, 6) is 0.695. The van der Waals surface area contributed by atoms with Gasteiger partial charge in [0.25, 0.3) is 5.91 Å². The van der Waals surface area contributed by atoms with E-state index >= 15 is 0 Å². The molecule has 2 aromatic carbocycles. The van der Waals surface area contributed by atoms with Crippen molar-refractivity contribution in [2.24, 2.45) is 0 Å². The highest BCUT2D eigenvalue weighted by atomic mass is 16.5. The van der Waals surface area contributed by atoms with Gasteiger partial charge >= 0.3 is 0 Å². The van der Waals surface area contributed by atoms with E-state index in [1.807, 2.05) is 64.4 Å². The van der Waals surface area contributed by atoms with Crippen molar-refractivity contribution in [3.05, 3.63) is 65.7 Å². The predicted octanol–water partition coefficient (Wildman–Crippen LogP) is 2.44. The van der Waals surface area contributed by atoms with Crippen LogP contribution in [0, 0.1) is 0 Å². The van der Waals surface area contributed by atoms with E-state index in [9.17, 15) is 9.59 Å². The monoisotopic (exact) mass is 437 g/mol. The van der Waals surface area contributed by atoms with Crippen molar-refractivity contribution >= 4 is 11.8 Å². The summed E-state index contributed by atoms with van der Waals surface area (Å²) in [6.45, 7) is 7.91. The van der Waals surface area contributed by atoms with Gasteiger partial charge in [0.15, 0.2) is 0 Å². The molecule has 0 unspecified atom stereocenters. The van der Waals surface area contributed by atoms with Crippen LogP contribution in [0.4, 0.5) is 0 Å². The van der Waals surface area contributed by atoms with Crippen molar-refractivity contribution in [1.29, 1.82) is 0 Å². The van der Waals surface area contributed by atoms with Crippen LogP contribution in [0.15, 0.2) is 54.6 Å². The molecule has 2 heterocycles. The number of nitrogens with zero attached hydrogens (tertiary/aromatic N) is 3. The minimum atomic E-state index is -0.139. The Kier molecular flexibility index (Phi) is 7.39. The smallest absolute Gasteiger partial charge is 0.254 e. The molecule has 0 spiro atoms. The molecule has 0 aliphatic carbocycles. The van der Waals surface area contributed by atoms with Gasteiger partial charge in [0, 0.05) is 51.8 Å². The number of benzene rings is 2. The zero-order valence-corrected chi connectivity index (χ0v) is 18.6. The van der Waals surface area contributed by atoms with Gasteiger partial charge in [-0.25, -0.2) is 0 Å². The van der Waals surface area contributed by atoms with E-state index in [0.29, 0.717) is 37.6 Å². The largest absolute Gasteiger partial charge is 0.492 e. The van der Waals surface area contributed by atoms with Crippen molar-refractivity contribution < 1.29 is 19.1 Å². The van der Waals surface area contributed by atoms with Crippen LogP contribution in [0.5, 0.6) is 5.75 Å². The lowest BCUT2D eigenvalue weighted by molar-refractivity contribution is -0.133. The summed E-state index contributed by atoms with van der Waals surface area (Å²) in [7, 11) is 0. The SMILES string of the molecule is CC(=O)N1CCN(C(=O)c2cccc(OCCN3CCOCC3)c2)C[C@H]1c1ccccc1. The molecule has 2 aliphatic heterocycles. The Labute approximate surface area is 189 Å². The van der Waals surface area contributed by atoms with E-state index in [4.69, 9.17) is 9.47 Å². The van der Waals surface area contributed by atoms with Crippen LogP contribution >= 0.6 is 0 Å². The van der Waals surface area contributed by atoms with Crippen molar-refractivity contribution in [1.82, 2.24) is 14.7 Å². The Hall–Kier alpha value is -2.90. The number of ether oxygens (including phenoxy) is 2. The third kappa shape index (κ3) is 5.47. The Morgan fingerprint density at radius 3 is 2.53 bits per heavy atom. The average molecular weight is 438 g/mol. The fraction of sp³-hybridized carbons (Fsp3) is 0.440.